The third kappa shape index (κ3) is 2.88. The normalized spacial score (nSPS) is 10.8. The first-order valence-corrected chi connectivity index (χ1v) is 6.59. The predicted molar refractivity (Wildman–Crippen MR) is 59.7 cm³/mol. The lowest BCUT2D eigenvalue weighted by Gasteiger charge is -2.06. The summed E-state index contributed by atoms with van der Waals surface area (Å²) in [7, 11) is 0. The SMILES string of the molecule is CSc1cc(SC)nc(C(C)C)n1. The minimum Gasteiger partial charge on any atom is -0.226 e. The van der Waals surface area contributed by atoms with Gasteiger partial charge >= 0.3 is 0 Å². The van der Waals surface area contributed by atoms with Gasteiger partial charge in [-0.05, 0) is 12.5 Å². The van der Waals surface area contributed by atoms with Gasteiger partial charge in [0.1, 0.15) is 15.9 Å². The molecule has 0 atom stereocenters. The lowest BCUT2D eigenvalue weighted by Crippen LogP contribution is -1.99. The van der Waals surface area contributed by atoms with Gasteiger partial charge in [-0.25, -0.2) is 9.97 Å². The van der Waals surface area contributed by atoms with E-state index < -0.39 is 0 Å². The van der Waals surface area contributed by atoms with Gasteiger partial charge in [-0.1, -0.05) is 13.8 Å². The van der Waals surface area contributed by atoms with Crippen molar-refractivity contribution in [1.29, 1.82) is 0 Å². The Morgan fingerprint density at radius 3 is 1.85 bits per heavy atom. The maximum Gasteiger partial charge on any atom is 0.133 e. The average molecular weight is 214 g/mol. The van der Waals surface area contributed by atoms with Gasteiger partial charge in [0, 0.05) is 12.0 Å². The van der Waals surface area contributed by atoms with Crippen molar-refractivity contribution < 1.29 is 0 Å². The molecule has 0 N–H and O–H groups in total. The molecule has 1 rings (SSSR count). The van der Waals surface area contributed by atoms with E-state index in [4.69, 9.17) is 0 Å². The zero-order valence-corrected chi connectivity index (χ0v) is 10.00. The summed E-state index contributed by atoms with van der Waals surface area (Å²) in [5, 5.41) is 2.12. The molecule has 0 unspecified atom stereocenters. The van der Waals surface area contributed by atoms with Crippen LogP contribution in [0.25, 0.3) is 0 Å². The Morgan fingerprint density at radius 2 is 1.54 bits per heavy atom. The zero-order chi connectivity index (χ0) is 9.84. The van der Waals surface area contributed by atoms with Crippen LogP contribution >= 0.6 is 23.5 Å². The Kier molecular flexibility index (Phi) is 4.06. The van der Waals surface area contributed by atoms with Crippen molar-refractivity contribution in [1.82, 2.24) is 9.97 Å². The minimum atomic E-state index is 0.401. The Balaban J connectivity index is 3.07. The molecule has 0 saturated heterocycles. The summed E-state index contributed by atoms with van der Waals surface area (Å²) in [5.41, 5.74) is 0. The summed E-state index contributed by atoms with van der Waals surface area (Å²) in [5.74, 6) is 1.34. The van der Waals surface area contributed by atoms with Crippen LogP contribution in [0.4, 0.5) is 0 Å². The van der Waals surface area contributed by atoms with Crippen LogP contribution in [0.5, 0.6) is 0 Å². The lowest BCUT2D eigenvalue weighted by atomic mass is 10.2. The molecule has 0 fully saturated rings. The summed E-state index contributed by atoms with van der Waals surface area (Å²) in [6.45, 7) is 4.23. The highest BCUT2D eigenvalue weighted by Gasteiger charge is 2.06. The van der Waals surface area contributed by atoms with Gasteiger partial charge < -0.3 is 0 Å². The number of hydrogen-bond donors (Lipinski definition) is 0. The van der Waals surface area contributed by atoms with Gasteiger partial charge in [-0.2, -0.15) is 0 Å². The second kappa shape index (κ2) is 4.86. The van der Waals surface area contributed by atoms with Gasteiger partial charge in [-0.3, -0.25) is 0 Å². The van der Waals surface area contributed by atoms with Crippen molar-refractivity contribution in [3.63, 3.8) is 0 Å². The first-order valence-electron chi connectivity index (χ1n) is 4.14. The van der Waals surface area contributed by atoms with Crippen molar-refractivity contribution in [3.8, 4) is 0 Å². The Labute approximate surface area is 87.9 Å². The largest absolute Gasteiger partial charge is 0.226 e. The van der Waals surface area contributed by atoms with E-state index in [0.29, 0.717) is 5.92 Å². The summed E-state index contributed by atoms with van der Waals surface area (Å²) < 4.78 is 0. The Bertz CT molecular complexity index is 265. The molecule has 0 spiro atoms. The minimum absolute atomic E-state index is 0.401. The number of thioether (sulfide) groups is 2. The molecular weight excluding hydrogens is 200 g/mol. The van der Waals surface area contributed by atoms with Crippen LogP contribution in [-0.2, 0) is 0 Å². The lowest BCUT2D eigenvalue weighted by molar-refractivity contribution is 0.730. The average Bonchev–Trinajstić information content (AvgIpc) is 2.16. The quantitative estimate of drug-likeness (QED) is 0.570. The fourth-order valence-electron chi connectivity index (χ4n) is 0.888. The molecule has 1 aromatic rings. The van der Waals surface area contributed by atoms with Gasteiger partial charge in [-0.15, -0.1) is 23.5 Å². The van der Waals surface area contributed by atoms with Crippen molar-refractivity contribution in [2.45, 2.75) is 29.8 Å². The number of rotatable bonds is 3. The molecule has 0 radical (unpaired) electrons. The van der Waals surface area contributed by atoms with E-state index in [2.05, 4.69) is 23.8 Å². The molecule has 4 heteroatoms. The first-order chi connectivity index (χ1) is 6.17. The van der Waals surface area contributed by atoms with E-state index in [-0.39, 0.29) is 0 Å². The Hall–Kier alpha value is -0.220. The molecule has 0 aliphatic rings. The highest BCUT2D eigenvalue weighted by Crippen LogP contribution is 2.21. The van der Waals surface area contributed by atoms with E-state index in [1.54, 1.807) is 23.5 Å². The molecule has 0 saturated carbocycles. The number of aromatic nitrogens is 2. The van der Waals surface area contributed by atoms with Gasteiger partial charge in [0.05, 0.1) is 0 Å². The second-order valence-electron chi connectivity index (χ2n) is 2.97. The standard InChI is InChI=1S/C9H14N2S2/c1-6(2)9-10-7(12-3)5-8(11-9)13-4/h5-6H,1-4H3. The topological polar surface area (TPSA) is 25.8 Å². The summed E-state index contributed by atoms with van der Waals surface area (Å²) >= 11 is 3.33. The van der Waals surface area contributed by atoms with Crippen molar-refractivity contribution in [2.24, 2.45) is 0 Å². The maximum absolute atomic E-state index is 4.44. The fraction of sp³-hybridized carbons (Fsp3) is 0.556. The van der Waals surface area contributed by atoms with Crippen LogP contribution in [0.1, 0.15) is 25.6 Å². The molecule has 72 valence electrons. The van der Waals surface area contributed by atoms with Crippen LogP contribution in [0.3, 0.4) is 0 Å². The van der Waals surface area contributed by atoms with Crippen LogP contribution in [0, 0.1) is 0 Å². The van der Waals surface area contributed by atoms with E-state index in [0.717, 1.165) is 15.9 Å². The molecule has 0 aromatic carbocycles. The molecule has 1 heterocycles. The molecule has 1 aromatic heterocycles. The molecular formula is C9H14N2S2. The van der Waals surface area contributed by atoms with Crippen LogP contribution in [0.2, 0.25) is 0 Å². The van der Waals surface area contributed by atoms with E-state index >= 15 is 0 Å². The summed E-state index contributed by atoms with van der Waals surface area (Å²) in [4.78, 5) is 8.88. The highest BCUT2D eigenvalue weighted by atomic mass is 32.2. The van der Waals surface area contributed by atoms with Crippen molar-refractivity contribution in [2.75, 3.05) is 12.5 Å². The van der Waals surface area contributed by atoms with E-state index in [1.165, 1.54) is 0 Å². The smallest absolute Gasteiger partial charge is 0.133 e. The number of hydrogen-bond acceptors (Lipinski definition) is 4. The second-order valence-corrected chi connectivity index (χ2v) is 4.62. The third-order valence-corrected chi connectivity index (χ3v) is 2.89. The predicted octanol–water partition coefficient (Wildman–Crippen LogP) is 3.04. The Morgan fingerprint density at radius 1 is 1.08 bits per heavy atom. The van der Waals surface area contributed by atoms with Crippen LogP contribution in [-0.4, -0.2) is 22.5 Å². The summed E-state index contributed by atoms with van der Waals surface area (Å²) in [6.07, 6.45) is 4.08. The fourth-order valence-corrected chi connectivity index (χ4v) is 1.79. The monoisotopic (exact) mass is 214 g/mol. The van der Waals surface area contributed by atoms with E-state index in [1.807, 2.05) is 18.6 Å². The molecule has 0 aliphatic carbocycles. The number of nitrogens with zero attached hydrogens (tertiary/aromatic N) is 2. The molecule has 13 heavy (non-hydrogen) atoms. The van der Waals surface area contributed by atoms with Gasteiger partial charge in [0.15, 0.2) is 0 Å². The highest BCUT2D eigenvalue weighted by molar-refractivity contribution is 7.99. The molecule has 0 amide bonds. The molecule has 2 nitrogen and oxygen atoms in total. The van der Waals surface area contributed by atoms with Gasteiger partial charge in [0.25, 0.3) is 0 Å². The van der Waals surface area contributed by atoms with E-state index in [9.17, 15) is 0 Å². The molecule has 0 aliphatic heterocycles. The maximum atomic E-state index is 4.44. The van der Waals surface area contributed by atoms with Crippen molar-refractivity contribution in [3.05, 3.63) is 11.9 Å². The zero-order valence-electron chi connectivity index (χ0n) is 8.37. The van der Waals surface area contributed by atoms with Crippen molar-refractivity contribution >= 4 is 23.5 Å². The third-order valence-electron chi connectivity index (χ3n) is 1.63. The van der Waals surface area contributed by atoms with Crippen LogP contribution < -0.4 is 0 Å². The summed E-state index contributed by atoms with van der Waals surface area (Å²) in [6, 6.07) is 2.03. The molecule has 0 bridgehead atoms. The first kappa shape index (κ1) is 10.9. The van der Waals surface area contributed by atoms with Crippen LogP contribution in [0.15, 0.2) is 16.1 Å². The van der Waals surface area contributed by atoms with Gasteiger partial charge in [0.2, 0.25) is 0 Å².